The van der Waals surface area contributed by atoms with Gasteiger partial charge in [0, 0.05) is 12.8 Å². The molecule has 0 spiro atoms. The van der Waals surface area contributed by atoms with Gasteiger partial charge in [-0.2, -0.15) is 5.26 Å². The van der Waals surface area contributed by atoms with Gasteiger partial charge in [-0.25, -0.2) is 4.79 Å². The Kier molecular flexibility index (Phi) is 8.12. The van der Waals surface area contributed by atoms with Gasteiger partial charge in [-0.15, -0.1) is 0 Å². The Morgan fingerprint density at radius 2 is 1.24 bits per heavy atom. The summed E-state index contributed by atoms with van der Waals surface area (Å²) in [5.74, 6) is -0.803. The first kappa shape index (κ1) is 25.4. The van der Waals surface area contributed by atoms with Crippen molar-refractivity contribution in [2.24, 2.45) is 0 Å². The molecule has 0 aliphatic rings. The van der Waals surface area contributed by atoms with Crippen molar-refractivity contribution in [2.45, 2.75) is 24.3 Å². The second kappa shape index (κ2) is 11.8. The molecule has 1 amide bonds. The number of hydrogen-bond donors (Lipinski definition) is 1. The lowest BCUT2D eigenvalue weighted by atomic mass is 9.67. The molecule has 37 heavy (non-hydrogen) atoms. The fourth-order valence-corrected chi connectivity index (χ4v) is 4.75. The Morgan fingerprint density at radius 1 is 0.784 bits per heavy atom. The highest BCUT2D eigenvalue weighted by Crippen LogP contribution is 2.42. The number of nitrogens with one attached hydrogen (secondary N) is 1. The molecule has 1 atom stereocenters. The average molecular weight is 489 g/mol. The van der Waals surface area contributed by atoms with Crippen LogP contribution in [0.15, 0.2) is 115 Å². The van der Waals surface area contributed by atoms with E-state index < -0.39 is 17.4 Å². The monoisotopic (exact) mass is 488 g/mol. The molecule has 0 aliphatic heterocycles. The lowest BCUT2D eigenvalue weighted by Crippen LogP contribution is -2.46. The second-order valence-electron chi connectivity index (χ2n) is 8.84. The van der Waals surface area contributed by atoms with Crippen LogP contribution < -0.4 is 5.32 Å². The number of hydrogen-bond acceptors (Lipinski definition) is 4. The molecule has 5 nitrogen and oxygen atoms in total. The topological polar surface area (TPSA) is 79.2 Å². The molecule has 0 radical (unpaired) electrons. The summed E-state index contributed by atoms with van der Waals surface area (Å²) in [6.07, 6.45) is 0.338. The highest BCUT2D eigenvalue weighted by atomic mass is 16.5. The summed E-state index contributed by atoms with van der Waals surface area (Å²) in [5.41, 5.74) is 3.50. The summed E-state index contributed by atoms with van der Waals surface area (Å²) in [4.78, 5) is 26.4. The zero-order valence-electron chi connectivity index (χ0n) is 20.6. The number of rotatable bonds is 9. The third-order valence-corrected chi connectivity index (χ3v) is 6.57. The maximum atomic E-state index is 13.7. The zero-order valence-corrected chi connectivity index (χ0v) is 20.6. The lowest BCUT2D eigenvalue weighted by Gasteiger charge is -2.36. The van der Waals surface area contributed by atoms with Crippen LogP contribution in [-0.2, 0) is 26.2 Å². The number of ether oxygens (including phenoxy) is 1. The molecule has 184 valence electrons. The van der Waals surface area contributed by atoms with Gasteiger partial charge in [0.25, 0.3) is 0 Å². The Labute approximate surface area is 217 Å². The minimum Gasteiger partial charge on any atom is -0.467 e. The van der Waals surface area contributed by atoms with Crippen LogP contribution in [-0.4, -0.2) is 25.0 Å². The van der Waals surface area contributed by atoms with Crippen LogP contribution >= 0.6 is 0 Å². The number of nitriles is 1. The van der Waals surface area contributed by atoms with E-state index in [2.05, 4.69) is 11.4 Å². The maximum Gasteiger partial charge on any atom is 0.328 e. The van der Waals surface area contributed by atoms with Crippen molar-refractivity contribution in [3.8, 4) is 6.07 Å². The number of carbonyl (C=O) groups excluding carboxylic acids is 2. The van der Waals surface area contributed by atoms with Gasteiger partial charge in [-0.1, -0.05) is 103 Å². The average Bonchev–Trinajstić information content (AvgIpc) is 2.97. The Hall–Kier alpha value is -4.69. The first-order valence-electron chi connectivity index (χ1n) is 12.1. The summed E-state index contributed by atoms with van der Waals surface area (Å²) in [6.45, 7) is 0. The van der Waals surface area contributed by atoms with Crippen molar-refractivity contribution in [1.82, 2.24) is 5.32 Å². The largest absolute Gasteiger partial charge is 0.467 e. The normalized spacial score (nSPS) is 11.7. The van der Waals surface area contributed by atoms with Crippen molar-refractivity contribution >= 4 is 11.9 Å². The standard InChI is InChI=1S/C32H28N2O3/c1-37-31(36)29(21-24-17-19-25(23-33)20-18-24)34-30(35)22-32(26-11-5-2-6-12-26,27-13-7-3-8-14-27)28-15-9-4-10-16-28/h2-20,29H,21-22H2,1H3,(H,34,35)/t29-/m0/s1. The molecule has 0 aliphatic carbocycles. The first-order chi connectivity index (χ1) is 18.1. The van der Waals surface area contributed by atoms with Crippen LogP contribution in [0.3, 0.4) is 0 Å². The summed E-state index contributed by atoms with van der Waals surface area (Å²) >= 11 is 0. The van der Waals surface area contributed by atoms with E-state index in [0.717, 1.165) is 22.3 Å². The summed E-state index contributed by atoms with van der Waals surface area (Å²) in [5, 5.41) is 12.0. The molecule has 0 aromatic heterocycles. The molecule has 0 bridgehead atoms. The van der Waals surface area contributed by atoms with Crippen LogP contribution in [0, 0.1) is 11.3 Å². The number of esters is 1. The fraction of sp³-hybridized carbons (Fsp3) is 0.156. The van der Waals surface area contributed by atoms with Crippen molar-refractivity contribution < 1.29 is 14.3 Å². The molecule has 0 heterocycles. The van der Waals surface area contributed by atoms with E-state index in [1.165, 1.54) is 7.11 Å². The van der Waals surface area contributed by atoms with Crippen LogP contribution in [0.4, 0.5) is 0 Å². The third-order valence-electron chi connectivity index (χ3n) is 6.57. The third kappa shape index (κ3) is 5.76. The van der Waals surface area contributed by atoms with E-state index in [-0.39, 0.29) is 18.7 Å². The fourth-order valence-electron chi connectivity index (χ4n) is 4.75. The van der Waals surface area contributed by atoms with Crippen LogP contribution in [0.1, 0.15) is 34.2 Å². The van der Waals surface area contributed by atoms with Gasteiger partial charge in [0.15, 0.2) is 0 Å². The van der Waals surface area contributed by atoms with E-state index in [0.29, 0.717) is 5.56 Å². The molecule has 5 heteroatoms. The molecule has 0 unspecified atom stereocenters. The first-order valence-corrected chi connectivity index (χ1v) is 12.1. The molecular weight excluding hydrogens is 460 g/mol. The molecule has 4 aromatic rings. The molecule has 0 fully saturated rings. The summed E-state index contributed by atoms with van der Waals surface area (Å²) < 4.78 is 5.01. The number of nitrogens with zero attached hydrogens (tertiary/aromatic N) is 1. The van der Waals surface area contributed by atoms with Crippen molar-refractivity contribution in [2.75, 3.05) is 7.11 Å². The minimum absolute atomic E-state index is 0.0892. The van der Waals surface area contributed by atoms with E-state index >= 15 is 0 Å². The van der Waals surface area contributed by atoms with Gasteiger partial charge in [0.1, 0.15) is 6.04 Å². The molecule has 0 saturated heterocycles. The molecule has 1 N–H and O–H groups in total. The number of amides is 1. The van der Waals surface area contributed by atoms with Gasteiger partial charge in [0.2, 0.25) is 5.91 Å². The van der Waals surface area contributed by atoms with Crippen molar-refractivity contribution in [1.29, 1.82) is 5.26 Å². The van der Waals surface area contributed by atoms with Gasteiger partial charge >= 0.3 is 5.97 Å². The molecule has 4 aromatic carbocycles. The maximum absolute atomic E-state index is 13.7. The number of methoxy groups -OCH3 is 1. The van der Waals surface area contributed by atoms with Gasteiger partial charge in [-0.3, -0.25) is 4.79 Å². The summed E-state index contributed by atoms with van der Waals surface area (Å²) in [7, 11) is 1.31. The predicted molar refractivity (Wildman–Crippen MR) is 143 cm³/mol. The number of benzene rings is 4. The van der Waals surface area contributed by atoms with Crippen LogP contribution in [0.25, 0.3) is 0 Å². The molecule has 4 rings (SSSR count). The highest BCUT2D eigenvalue weighted by molar-refractivity contribution is 5.86. The molecule has 0 saturated carbocycles. The smallest absolute Gasteiger partial charge is 0.328 e. The summed E-state index contributed by atoms with van der Waals surface area (Å²) in [6, 6.07) is 38.0. The van der Waals surface area contributed by atoms with Crippen molar-refractivity contribution in [3.05, 3.63) is 143 Å². The van der Waals surface area contributed by atoms with Crippen LogP contribution in [0.5, 0.6) is 0 Å². The Morgan fingerprint density at radius 3 is 1.65 bits per heavy atom. The number of carbonyl (C=O) groups is 2. The van der Waals surface area contributed by atoms with E-state index in [4.69, 9.17) is 10.00 Å². The Balaban J connectivity index is 1.71. The quantitative estimate of drug-likeness (QED) is 0.260. The molecular formula is C32H28N2O3. The van der Waals surface area contributed by atoms with E-state index in [9.17, 15) is 9.59 Å². The zero-order chi connectivity index (χ0) is 26.1. The van der Waals surface area contributed by atoms with Gasteiger partial charge < -0.3 is 10.1 Å². The SMILES string of the molecule is COC(=O)[C@H](Cc1ccc(C#N)cc1)NC(=O)CC(c1ccccc1)(c1ccccc1)c1ccccc1. The van der Waals surface area contributed by atoms with E-state index in [1.807, 2.05) is 91.0 Å². The lowest BCUT2D eigenvalue weighted by molar-refractivity contribution is -0.145. The van der Waals surface area contributed by atoms with E-state index in [1.54, 1.807) is 24.3 Å². The minimum atomic E-state index is -0.870. The predicted octanol–water partition coefficient (Wildman–Crippen LogP) is 5.18. The highest BCUT2D eigenvalue weighted by Gasteiger charge is 2.39. The Bertz CT molecular complexity index is 1270. The van der Waals surface area contributed by atoms with Gasteiger partial charge in [-0.05, 0) is 34.4 Å². The second-order valence-corrected chi connectivity index (χ2v) is 8.84. The van der Waals surface area contributed by atoms with Crippen LogP contribution in [0.2, 0.25) is 0 Å². The van der Waals surface area contributed by atoms with Gasteiger partial charge in [0.05, 0.1) is 24.2 Å². The van der Waals surface area contributed by atoms with Crippen molar-refractivity contribution in [3.63, 3.8) is 0 Å².